The summed E-state index contributed by atoms with van der Waals surface area (Å²) >= 11 is 0. The molecule has 1 aromatic rings. The Hall–Kier alpha value is -1.25. The van der Waals surface area contributed by atoms with Crippen LogP contribution in [0, 0.1) is 0 Å². The third-order valence-corrected chi connectivity index (χ3v) is 4.51. The second kappa shape index (κ2) is 5.40. The molecule has 0 spiro atoms. The molecule has 0 aliphatic carbocycles. The molecule has 106 valence electrons. The first-order valence-electron chi connectivity index (χ1n) is 6.16. The standard InChI is InChI=1S/C11H18N4O3S/c1-2-19(17,18)14-8-11(16)4-7-15(9-11)10-12-5-3-6-13-10/h3,5-6,14,16H,2,4,7-9H2,1H3/t11-/m0/s1. The average Bonchev–Trinajstić information content (AvgIpc) is 2.81. The Morgan fingerprint density at radius 1 is 1.47 bits per heavy atom. The van der Waals surface area contributed by atoms with Gasteiger partial charge in [-0.3, -0.25) is 0 Å². The van der Waals surface area contributed by atoms with E-state index >= 15 is 0 Å². The smallest absolute Gasteiger partial charge is 0.225 e. The quantitative estimate of drug-likeness (QED) is 0.747. The minimum atomic E-state index is -3.29. The zero-order valence-corrected chi connectivity index (χ0v) is 11.6. The molecule has 1 atom stereocenters. The van der Waals surface area contributed by atoms with Crippen LogP contribution in [0.4, 0.5) is 5.95 Å². The molecule has 1 aliphatic heterocycles. The molecule has 1 aliphatic rings. The van der Waals surface area contributed by atoms with Gasteiger partial charge in [0, 0.05) is 25.5 Å². The molecule has 19 heavy (non-hydrogen) atoms. The first-order chi connectivity index (χ1) is 8.94. The highest BCUT2D eigenvalue weighted by Gasteiger charge is 2.37. The number of aromatic nitrogens is 2. The maximum Gasteiger partial charge on any atom is 0.225 e. The fraction of sp³-hybridized carbons (Fsp3) is 0.636. The van der Waals surface area contributed by atoms with Crippen molar-refractivity contribution >= 4 is 16.0 Å². The molecule has 1 saturated heterocycles. The van der Waals surface area contributed by atoms with Gasteiger partial charge in [-0.05, 0) is 19.4 Å². The van der Waals surface area contributed by atoms with Crippen molar-refractivity contribution < 1.29 is 13.5 Å². The highest BCUT2D eigenvalue weighted by atomic mass is 32.2. The Morgan fingerprint density at radius 3 is 2.79 bits per heavy atom. The minimum Gasteiger partial charge on any atom is -0.387 e. The van der Waals surface area contributed by atoms with Crippen LogP contribution in [0.1, 0.15) is 13.3 Å². The number of β-amino-alcohol motifs (C(OH)–C–C–N with tert-alkyl or cyclic N) is 1. The van der Waals surface area contributed by atoms with Crippen LogP contribution in [0.2, 0.25) is 0 Å². The van der Waals surface area contributed by atoms with Crippen LogP contribution in [-0.4, -0.2) is 54.5 Å². The molecule has 0 radical (unpaired) electrons. The fourth-order valence-electron chi connectivity index (χ4n) is 1.97. The Kier molecular flexibility index (Phi) is 4.02. The summed E-state index contributed by atoms with van der Waals surface area (Å²) in [6.07, 6.45) is 3.76. The molecular formula is C11H18N4O3S. The predicted molar refractivity (Wildman–Crippen MR) is 71.3 cm³/mol. The molecule has 2 rings (SSSR count). The van der Waals surface area contributed by atoms with Gasteiger partial charge in [0.25, 0.3) is 0 Å². The Bertz CT molecular complexity index is 522. The van der Waals surface area contributed by atoms with Gasteiger partial charge < -0.3 is 10.0 Å². The van der Waals surface area contributed by atoms with Gasteiger partial charge in [-0.1, -0.05) is 0 Å². The van der Waals surface area contributed by atoms with E-state index < -0.39 is 15.6 Å². The van der Waals surface area contributed by atoms with Crippen LogP contribution in [0.5, 0.6) is 0 Å². The molecule has 0 aromatic carbocycles. The van der Waals surface area contributed by atoms with Crippen molar-refractivity contribution in [1.82, 2.24) is 14.7 Å². The molecule has 8 heteroatoms. The van der Waals surface area contributed by atoms with E-state index in [0.29, 0.717) is 25.5 Å². The maximum absolute atomic E-state index is 11.4. The minimum absolute atomic E-state index is 0.00852. The molecule has 2 N–H and O–H groups in total. The molecule has 1 aromatic heterocycles. The lowest BCUT2D eigenvalue weighted by atomic mass is 10.0. The topological polar surface area (TPSA) is 95.4 Å². The monoisotopic (exact) mass is 286 g/mol. The number of nitrogens with one attached hydrogen (secondary N) is 1. The van der Waals surface area contributed by atoms with Gasteiger partial charge in [0.1, 0.15) is 0 Å². The summed E-state index contributed by atoms with van der Waals surface area (Å²) in [4.78, 5) is 10.1. The zero-order chi connectivity index (χ0) is 13.9. The van der Waals surface area contributed by atoms with Crippen LogP contribution in [0.15, 0.2) is 18.5 Å². The van der Waals surface area contributed by atoms with Gasteiger partial charge in [0.05, 0.1) is 17.9 Å². The van der Waals surface area contributed by atoms with E-state index in [1.165, 1.54) is 0 Å². The number of hydrogen-bond donors (Lipinski definition) is 2. The summed E-state index contributed by atoms with van der Waals surface area (Å²) in [5.41, 5.74) is -1.07. The normalized spacial score (nSPS) is 23.8. The first-order valence-corrected chi connectivity index (χ1v) is 7.81. The predicted octanol–water partition coefficient (Wildman–Crippen LogP) is -0.643. The highest BCUT2D eigenvalue weighted by molar-refractivity contribution is 7.89. The second-order valence-corrected chi connectivity index (χ2v) is 6.76. The summed E-state index contributed by atoms with van der Waals surface area (Å²) in [5.74, 6) is 0.561. The van der Waals surface area contributed by atoms with E-state index in [9.17, 15) is 13.5 Å². The summed E-state index contributed by atoms with van der Waals surface area (Å²) in [6, 6.07) is 1.72. The van der Waals surface area contributed by atoms with Crippen LogP contribution in [0.25, 0.3) is 0 Å². The summed E-state index contributed by atoms with van der Waals surface area (Å²) in [6.45, 7) is 2.51. The van der Waals surface area contributed by atoms with Crippen molar-refractivity contribution in [2.24, 2.45) is 0 Å². The van der Waals surface area contributed by atoms with E-state index in [2.05, 4.69) is 14.7 Å². The number of anilines is 1. The molecule has 0 unspecified atom stereocenters. The summed E-state index contributed by atoms with van der Waals surface area (Å²) in [7, 11) is -3.29. The molecule has 7 nitrogen and oxygen atoms in total. The van der Waals surface area contributed by atoms with Crippen molar-refractivity contribution in [1.29, 1.82) is 0 Å². The largest absolute Gasteiger partial charge is 0.387 e. The van der Waals surface area contributed by atoms with Crippen molar-refractivity contribution in [3.63, 3.8) is 0 Å². The molecule has 0 bridgehead atoms. The van der Waals surface area contributed by atoms with E-state index in [-0.39, 0.29) is 12.3 Å². The third kappa shape index (κ3) is 3.62. The van der Waals surface area contributed by atoms with Crippen molar-refractivity contribution in [3.05, 3.63) is 18.5 Å². The zero-order valence-electron chi connectivity index (χ0n) is 10.8. The Morgan fingerprint density at radius 2 is 2.16 bits per heavy atom. The lowest BCUT2D eigenvalue weighted by Crippen LogP contribution is -2.45. The Labute approximate surface area is 112 Å². The average molecular weight is 286 g/mol. The van der Waals surface area contributed by atoms with Crippen molar-refractivity contribution in [2.45, 2.75) is 18.9 Å². The number of rotatable bonds is 5. The fourth-order valence-corrected chi connectivity index (χ4v) is 2.67. The van der Waals surface area contributed by atoms with Gasteiger partial charge in [-0.2, -0.15) is 0 Å². The lowest BCUT2D eigenvalue weighted by molar-refractivity contribution is 0.0685. The van der Waals surface area contributed by atoms with Crippen LogP contribution in [0.3, 0.4) is 0 Å². The van der Waals surface area contributed by atoms with Crippen molar-refractivity contribution in [2.75, 3.05) is 30.3 Å². The van der Waals surface area contributed by atoms with Crippen LogP contribution in [-0.2, 0) is 10.0 Å². The van der Waals surface area contributed by atoms with Gasteiger partial charge >= 0.3 is 0 Å². The molecule has 0 saturated carbocycles. The second-order valence-electron chi connectivity index (χ2n) is 4.67. The SMILES string of the molecule is CCS(=O)(=O)NC[C@@]1(O)CCN(c2ncccn2)C1. The highest BCUT2D eigenvalue weighted by Crippen LogP contribution is 2.23. The summed E-state index contributed by atoms with van der Waals surface area (Å²) in [5, 5.41) is 10.4. The number of nitrogens with zero attached hydrogens (tertiary/aromatic N) is 3. The van der Waals surface area contributed by atoms with Gasteiger partial charge in [-0.25, -0.2) is 23.1 Å². The maximum atomic E-state index is 11.4. The van der Waals surface area contributed by atoms with Gasteiger partial charge in [0.15, 0.2) is 0 Å². The molecule has 2 heterocycles. The van der Waals surface area contributed by atoms with E-state index in [1.54, 1.807) is 25.4 Å². The lowest BCUT2D eigenvalue weighted by Gasteiger charge is -2.23. The summed E-state index contributed by atoms with van der Waals surface area (Å²) < 4.78 is 25.2. The van der Waals surface area contributed by atoms with Crippen LogP contribution >= 0.6 is 0 Å². The molecule has 0 amide bonds. The van der Waals surface area contributed by atoms with E-state index in [4.69, 9.17) is 0 Å². The number of sulfonamides is 1. The van der Waals surface area contributed by atoms with Gasteiger partial charge in [-0.15, -0.1) is 0 Å². The van der Waals surface area contributed by atoms with Crippen LogP contribution < -0.4 is 9.62 Å². The Balaban J connectivity index is 1.97. The molecular weight excluding hydrogens is 268 g/mol. The van der Waals surface area contributed by atoms with Gasteiger partial charge in [0.2, 0.25) is 16.0 Å². The first kappa shape index (κ1) is 14.2. The molecule has 1 fully saturated rings. The van der Waals surface area contributed by atoms with Crippen molar-refractivity contribution in [3.8, 4) is 0 Å². The number of aliphatic hydroxyl groups is 1. The van der Waals surface area contributed by atoms with E-state index in [1.807, 2.05) is 4.90 Å². The number of hydrogen-bond acceptors (Lipinski definition) is 6. The third-order valence-electron chi connectivity index (χ3n) is 3.17. The van der Waals surface area contributed by atoms with E-state index in [0.717, 1.165) is 0 Å².